The van der Waals surface area contributed by atoms with Crippen LogP contribution in [0.25, 0.3) is 0 Å². The van der Waals surface area contributed by atoms with E-state index in [4.69, 9.17) is 0 Å². The average molecular weight is 244 g/mol. The summed E-state index contributed by atoms with van der Waals surface area (Å²) >= 11 is 0. The molecule has 2 heterocycles. The lowest BCUT2D eigenvalue weighted by atomic mass is 10.3. The van der Waals surface area contributed by atoms with Crippen molar-refractivity contribution in [1.82, 2.24) is 20.1 Å². The van der Waals surface area contributed by atoms with Crippen LogP contribution in [0.2, 0.25) is 0 Å². The smallest absolute Gasteiger partial charge is 0.0834 e. The molecule has 0 aliphatic carbocycles. The first kappa shape index (κ1) is 12.8. The monoisotopic (exact) mass is 244 g/mol. The van der Waals surface area contributed by atoms with Gasteiger partial charge in [0.1, 0.15) is 0 Å². The lowest BCUT2D eigenvalue weighted by molar-refractivity contribution is 0.577. The molecule has 4 heteroatoms. The Bertz CT molecular complexity index is 502. The van der Waals surface area contributed by atoms with Gasteiger partial charge in [-0.25, -0.2) is 0 Å². The van der Waals surface area contributed by atoms with Crippen LogP contribution in [-0.2, 0) is 13.1 Å². The number of hydrogen-bond donors (Lipinski definition) is 1. The highest BCUT2D eigenvalue weighted by atomic mass is 15.3. The Kier molecular flexibility index (Phi) is 4.10. The Balaban J connectivity index is 2.05. The van der Waals surface area contributed by atoms with Gasteiger partial charge in [0.05, 0.1) is 17.9 Å². The molecule has 2 aromatic heterocycles. The Hall–Kier alpha value is -1.68. The average Bonchev–Trinajstić information content (AvgIpc) is 2.73. The summed E-state index contributed by atoms with van der Waals surface area (Å²) in [5.74, 6) is 0. The van der Waals surface area contributed by atoms with Crippen LogP contribution in [0.4, 0.5) is 0 Å². The van der Waals surface area contributed by atoms with Crippen LogP contribution < -0.4 is 5.32 Å². The molecular weight excluding hydrogens is 224 g/mol. The Morgan fingerprint density at radius 1 is 1.22 bits per heavy atom. The van der Waals surface area contributed by atoms with E-state index < -0.39 is 0 Å². The fourth-order valence-electron chi connectivity index (χ4n) is 1.74. The van der Waals surface area contributed by atoms with Crippen molar-refractivity contribution < 1.29 is 0 Å². The van der Waals surface area contributed by atoms with Gasteiger partial charge in [-0.2, -0.15) is 5.10 Å². The van der Waals surface area contributed by atoms with Crippen molar-refractivity contribution in [2.45, 2.75) is 39.9 Å². The van der Waals surface area contributed by atoms with Gasteiger partial charge in [0.25, 0.3) is 0 Å². The Morgan fingerprint density at radius 2 is 2.00 bits per heavy atom. The van der Waals surface area contributed by atoms with Crippen LogP contribution >= 0.6 is 0 Å². The predicted molar refractivity (Wildman–Crippen MR) is 72.3 cm³/mol. The normalized spacial score (nSPS) is 11.1. The first-order valence-electron chi connectivity index (χ1n) is 6.32. The quantitative estimate of drug-likeness (QED) is 0.876. The summed E-state index contributed by atoms with van der Waals surface area (Å²) in [6, 6.07) is 8.63. The molecule has 0 fully saturated rings. The number of rotatable bonds is 5. The van der Waals surface area contributed by atoms with Crippen LogP contribution in [0.5, 0.6) is 0 Å². The molecule has 4 nitrogen and oxygen atoms in total. The molecule has 0 unspecified atom stereocenters. The molecule has 0 amide bonds. The van der Waals surface area contributed by atoms with Gasteiger partial charge in [-0.15, -0.1) is 0 Å². The van der Waals surface area contributed by atoms with Gasteiger partial charge in [-0.05, 0) is 25.1 Å². The molecule has 0 aliphatic heterocycles. The molecule has 96 valence electrons. The van der Waals surface area contributed by atoms with E-state index in [1.165, 1.54) is 0 Å². The van der Waals surface area contributed by atoms with E-state index >= 15 is 0 Å². The standard InChI is InChI=1S/C14H20N4/c1-11(2)15-9-13-5-4-6-14(17-13)10-18-12(3)7-8-16-18/h4-8,11,15H,9-10H2,1-3H3. The second kappa shape index (κ2) is 5.78. The van der Waals surface area contributed by atoms with E-state index in [2.05, 4.69) is 48.3 Å². The summed E-state index contributed by atoms with van der Waals surface area (Å²) in [4.78, 5) is 4.64. The summed E-state index contributed by atoms with van der Waals surface area (Å²) in [6.45, 7) is 7.86. The lowest BCUT2D eigenvalue weighted by Crippen LogP contribution is -2.22. The fraction of sp³-hybridized carbons (Fsp3) is 0.429. The highest BCUT2D eigenvalue weighted by Crippen LogP contribution is 2.04. The molecule has 0 aliphatic rings. The van der Waals surface area contributed by atoms with Gasteiger partial charge < -0.3 is 5.32 Å². The highest BCUT2D eigenvalue weighted by molar-refractivity contribution is 5.12. The fourth-order valence-corrected chi connectivity index (χ4v) is 1.74. The number of aryl methyl sites for hydroxylation is 1. The summed E-state index contributed by atoms with van der Waals surface area (Å²) < 4.78 is 1.96. The minimum absolute atomic E-state index is 0.476. The van der Waals surface area contributed by atoms with Gasteiger partial charge in [0.15, 0.2) is 0 Å². The van der Waals surface area contributed by atoms with Gasteiger partial charge >= 0.3 is 0 Å². The molecule has 0 spiro atoms. The summed E-state index contributed by atoms with van der Waals surface area (Å²) in [7, 11) is 0. The number of aromatic nitrogens is 3. The Labute approximate surface area is 108 Å². The summed E-state index contributed by atoms with van der Waals surface area (Å²) in [5, 5.41) is 7.65. The molecule has 0 aromatic carbocycles. The zero-order chi connectivity index (χ0) is 13.0. The van der Waals surface area contributed by atoms with Gasteiger partial charge in [0.2, 0.25) is 0 Å². The molecule has 2 aromatic rings. The van der Waals surface area contributed by atoms with Gasteiger partial charge in [-0.1, -0.05) is 19.9 Å². The van der Waals surface area contributed by atoms with Crippen LogP contribution in [0.1, 0.15) is 30.9 Å². The van der Waals surface area contributed by atoms with Crippen LogP contribution in [0.15, 0.2) is 30.5 Å². The number of hydrogen-bond acceptors (Lipinski definition) is 3. The van der Waals surface area contributed by atoms with E-state index in [9.17, 15) is 0 Å². The molecule has 0 saturated carbocycles. The number of nitrogens with one attached hydrogen (secondary N) is 1. The second-order valence-electron chi connectivity index (χ2n) is 4.79. The molecule has 1 N–H and O–H groups in total. The van der Waals surface area contributed by atoms with Crippen molar-refractivity contribution in [3.05, 3.63) is 47.5 Å². The second-order valence-corrected chi connectivity index (χ2v) is 4.79. The molecule has 18 heavy (non-hydrogen) atoms. The summed E-state index contributed by atoms with van der Waals surface area (Å²) in [6.07, 6.45) is 1.82. The molecule has 2 rings (SSSR count). The van der Waals surface area contributed by atoms with Crippen molar-refractivity contribution in [1.29, 1.82) is 0 Å². The third kappa shape index (κ3) is 3.40. The lowest BCUT2D eigenvalue weighted by Gasteiger charge is -2.09. The van der Waals surface area contributed by atoms with Crippen LogP contribution in [0, 0.1) is 6.92 Å². The predicted octanol–water partition coefficient (Wildman–Crippen LogP) is 2.13. The van der Waals surface area contributed by atoms with Gasteiger partial charge in [-0.3, -0.25) is 9.67 Å². The third-order valence-electron chi connectivity index (χ3n) is 2.80. The zero-order valence-corrected chi connectivity index (χ0v) is 11.2. The van der Waals surface area contributed by atoms with Gasteiger partial charge in [0, 0.05) is 24.5 Å². The van der Waals surface area contributed by atoms with E-state index in [0.29, 0.717) is 6.04 Å². The first-order chi connectivity index (χ1) is 8.65. The summed E-state index contributed by atoms with van der Waals surface area (Å²) in [5.41, 5.74) is 3.28. The molecule has 0 saturated heterocycles. The largest absolute Gasteiger partial charge is 0.309 e. The Morgan fingerprint density at radius 3 is 2.67 bits per heavy atom. The minimum Gasteiger partial charge on any atom is -0.309 e. The van der Waals surface area contributed by atoms with E-state index in [1.54, 1.807) is 0 Å². The van der Waals surface area contributed by atoms with Crippen LogP contribution in [-0.4, -0.2) is 20.8 Å². The SMILES string of the molecule is Cc1ccnn1Cc1cccc(CNC(C)C)n1. The van der Waals surface area contributed by atoms with Crippen molar-refractivity contribution >= 4 is 0 Å². The minimum atomic E-state index is 0.476. The first-order valence-corrected chi connectivity index (χ1v) is 6.32. The molecule has 0 radical (unpaired) electrons. The van der Waals surface area contributed by atoms with E-state index in [-0.39, 0.29) is 0 Å². The van der Waals surface area contributed by atoms with Crippen molar-refractivity contribution in [3.63, 3.8) is 0 Å². The van der Waals surface area contributed by atoms with Crippen LogP contribution in [0.3, 0.4) is 0 Å². The highest BCUT2D eigenvalue weighted by Gasteiger charge is 2.02. The maximum Gasteiger partial charge on any atom is 0.0834 e. The van der Waals surface area contributed by atoms with Crippen molar-refractivity contribution in [2.24, 2.45) is 0 Å². The van der Waals surface area contributed by atoms with E-state index in [1.807, 2.05) is 23.0 Å². The zero-order valence-electron chi connectivity index (χ0n) is 11.2. The van der Waals surface area contributed by atoms with Crippen molar-refractivity contribution in [3.8, 4) is 0 Å². The maximum absolute atomic E-state index is 4.64. The molecule has 0 atom stereocenters. The number of nitrogens with zero attached hydrogens (tertiary/aromatic N) is 3. The topological polar surface area (TPSA) is 42.7 Å². The third-order valence-corrected chi connectivity index (χ3v) is 2.80. The van der Waals surface area contributed by atoms with Crippen molar-refractivity contribution in [2.75, 3.05) is 0 Å². The maximum atomic E-state index is 4.64. The molecular formula is C14H20N4. The van der Waals surface area contributed by atoms with E-state index in [0.717, 1.165) is 30.2 Å². The number of pyridine rings is 1. The molecule has 0 bridgehead atoms.